The Kier molecular flexibility index (Phi) is 8.88. The van der Waals surface area contributed by atoms with E-state index in [1.807, 2.05) is 43.9 Å². The molecule has 0 spiro atoms. The normalized spacial score (nSPS) is 15.0. The Labute approximate surface area is 204 Å². The van der Waals surface area contributed by atoms with Gasteiger partial charge in [0.1, 0.15) is 17.1 Å². The predicted octanol–water partition coefficient (Wildman–Crippen LogP) is 7.33. The first-order valence-corrected chi connectivity index (χ1v) is 13.0. The second-order valence-corrected chi connectivity index (χ2v) is 11.3. The number of piperidine rings is 1. The Balaban J connectivity index is 1.44. The minimum Gasteiger partial charge on any atom is -0.455 e. The summed E-state index contributed by atoms with van der Waals surface area (Å²) < 4.78 is 12.4. The average Bonchev–Trinajstić information content (AvgIpc) is 2.74. The van der Waals surface area contributed by atoms with Crippen LogP contribution in [0, 0.1) is 5.92 Å². The Morgan fingerprint density at radius 1 is 1.22 bits per heavy atom. The smallest absolute Gasteiger partial charge is 0.410 e. The number of hydrogen-bond donors (Lipinski definition) is 0. The van der Waals surface area contributed by atoms with Gasteiger partial charge in [-0.05, 0) is 104 Å². The topological polar surface area (TPSA) is 51.7 Å². The van der Waals surface area contributed by atoms with Gasteiger partial charge in [0.05, 0.1) is 10.7 Å². The van der Waals surface area contributed by atoms with Gasteiger partial charge in [0.2, 0.25) is 0 Å². The van der Waals surface area contributed by atoms with Crippen LogP contribution in [0.5, 0.6) is 11.5 Å². The number of halogens is 1. The van der Waals surface area contributed by atoms with Crippen molar-refractivity contribution >= 4 is 33.8 Å². The average molecular weight is 522 g/mol. The lowest BCUT2D eigenvalue weighted by molar-refractivity contribution is 0.0181. The van der Waals surface area contributed by atoms with Crippen LogP contribution in [0.4, 0.5) is 4.79 Å². The fraction of sp³-hybridized carbons (Fsp3) is 0.520. The number of likely N-dealkylation sites (tertiary alicyclic amines) is 1. The van der Waals surface area contributed by atoms with Crippen molar-refractivity contribution in [2.75, 3.05) is 18.8 Å². The van der Waals surface area contributed by atoms with Crippen molar-refractivity contribution in [3.8, 4) is 11.5 Å². The van der Waals surface area contributed by atoms with Crippen LogP contribution in [0.3, 0.4) is 0 Å². The summed E-state index contributed by atoms with van der Waals surface area (Å²) in [5, 5.41) is 0. The van der Waals surface area contributed by atoms with E-state index in [-0.39, 0.29) is 6.09 Å². The molecule has 174 valence electrons. The monoisotopic (exact) mass is 520 g/mol. The first kappa shape index (κ1) is 24.9. The molecule has 0 bridgehead atoms. The minimum atomic E-state index is -0.441. The summed E-state index contributed by atoms with van der Waals surface area (Å²) in [5.74, 6) is 3.18. The fourth-order valence-electron chi connectivity index (χ4n) is 3.65. The van der Waals surface area contributed by atoms with Gasteiger partial charge in [-0.3, -0.25) is 4.98 Å². The maximum Gasteiger partial charge on any atom is 0.410 e. The molecule has 1 aliphatic heterocycles. The molecule has 1 aliphatic rings. The molecule has 0 unspecified atom stereocenters. The fourth-order valence-corrected chi connectivity index (χ4v) is 4.96. The van der Waals surface area contributed by atoms with Crippen LogP contribution in [-0.4, -0.2) is 40.4 Å². The van der Waals surface area contributed by atoms with Crippen LogP contribution in [0.1, 0.15) is 52.7 Å². The number of amides is 1. The van der Waals surface area contributed by atoms with Crippen LogP contribution in [0.2, 0.25) is 0 Å². The first-order valence-electron chi connectivity index (χ1n) is 11.3. The summed E-state index contributed by atoms with van der Waals surface area (Å²) in [5.41, 5.74) is 0.629. The number of aromatic nitrogens is 1. The number of nitrogens with zero attached hydrogens (tertiary/aromatic N) is 2. The summed E-state index contributed by atoms with van der Waals surface area (Å²) in [6.45, 7) is 9.39. The third kappa shape index (κ3) is 7.69. The van der Waals surface area contributed by atoms with Crippen LogP contribution in [0.15, 0.2) is 45.9 Å². The number of hydrogen-bond acceptors (Lipinski definition) is 5. The van der Waals surface area contributed by atoms with Crippen LogP contribution in [0.25, 0.3) is 0 Å². The van der Waals surface area contributed by atoms with Gasteiger partial charge in [-0.2, -0.15) is 0 Å². The highest BCUT2D eigenvalue weighted by molar-refractivity contribution is 9.10. The van der Waals surface area contributed by atoms with Crippen molar-refractivity contribution in [1.82, 2.24) is 9.88 Å². The Bertz CT molecular complexity index is 891. The number of ether oxygens (including phenoxy) is 2. The van der Waals surface area contributed by atoms with Crippen molar-refractivity contribution in [2.24, 2.45) is 5.92 Å². The summed E-state index contributed by atoms with van der Waals surface area (Å²) in [6, 6.07) is 10.2. The summed E-state index contributed by atoms with van der Waals surface area (Å²) in [7, 11) is 0. The highest BCUT2D eigenvalue weighted by Gasteiger charge is 2.26. The zero-order valence-corrected chi connectivity index (χ0v) is 21.8. The van der Waals surface area contributed by atoms with Gasteiger partial charge >= 0.3 is 6.09 Å². The van der Waals surface area contributed by atoms with Gasteiger partial charge in [0, 0.05) is 23.7 Å². The molecule has 0 atom stereocenters. The molecule has 2 aromatic rings. The molecule has 1 aromatic heterocycles. The van der Waals surface area contributed by atoms with E-state index < -0.39 is 5.60 Å². The zero-order valence-electron chi connectivity index (χ0n) is 19.4. The van der Waals surface area contributed by atoms with E-state index in [1.165, 1.54) is 4.90 Å². The molecule has 1 amide bonds. The van der Waals surface area contributed by atoms with Gasteiger partial charge in [0.15, 0.2) is 0 Å². The molecule has 0 radical (unpaired) electrons. The van der Waals surface area contributed by atoms with Gasteiger partial charge in [0.25, 0.3) is 0 Å². The molecule has 0 aliphatic carbocycles. The maximum absolute atomic E-state index is 12.2. The molecule has 0 saturated carbocycles. The van der Waals surface area contributed by atoms with Crippen molar-refractivity contribution in [2.45, 2.75) is 63.9 Å². The quantitative estimate of drug-likeness (QED) is 0.357. The molecule has 3 rings (SSSR count). The SMILES string of the molecule is CCSc1ccc(Oc2ccc(CCC3CCN(C(=O)OC(C)(C)C)CC3)nc2)c(Br)c1. The maximum atomic E-state index is 12.2. The molecule has 7 heteroatoms. The van der Waals surface area contributed by atoms with E-state index in [1.54, 1.807) is 18.0 Å². The van der Waals surface area contributed by atoms with Gasteiger partial charge in [-0.25, -0.2) is 4.79 Å². The molecule has 0 N–H and O–H groups in total. The molecular weight excluding hydrogens is 488 g/mol. The highest BCUT2D eigenvalue weighted by atomic mass is 79.9. The van der Waals surface area contributed by atoms with Crippen molar-refractivity contribution < 1.29 is 14.3 Å². The second kappa shape index (κ2) is 11.4. The van der Waals surface area contributed by atoms with E-state index in [4.69, 9.17) is 9.47 Å². The minimum absolute atomic E-state index is 0.196. The van der Waals surface area contributed by atoms with E-state index in [9.17, 15) is 4.79 Å². The largest absolute Gasteiger partial charge is 0.455 e. The molecule has 5 nitrogen and oxygen atoms in total. The van der Waals surface area contributed by atoms with E-state index >= 15 is 0 Å². The second-order valence-electron chi connectivity index (χ2n) is 9.06. The third-order valence-electron chi connectivity index (χ3n) is 5.31. The number of aryl methyl sites for hydroxylation is 1. The highest BCUT2D eigenvalue weighted by Crippen LogP contribution is 2.33. The van der Waals surface area contributed by atoms with E-state index in [0.29, 0.717) is 5.92 Å². The number of benzene rings is 1. The lowest BCUT2D eigenvalue weighted by atomic mass is 9.91. The van der Waals surface area contributed by atoms with Gasteiger partial charge in [-0.1, -0.05) is 6.92 Å². The Hall–Kier alpha value is -1.73. The number of pyridine rings is 1. The number of thioether (sulfide) groups is 1. The molecule has 1 aromatic carbocycles. The number of rotatable bonds is 7. The van der Waals surface area contributed by atoms with Crippen LogP contribution < -0.4 is 4.74 Å². The van der Waals surface area contributed by atoms with Gasteiger partial charge < -0.3 is 14.4 Å². The van der Waals surface area contributed by atoms with Crippen molar-refractivity contribution in [1.29, 1.82) is 0 Å². The molecule has 32 heavy (non-hydrogen) atoms. The predicted molar refractivity (Wildman–Crippen MR) is 134 cm³/mol. The van der Waals surface area contributed by atoms with Crippen molar-refractivity contribution in [3.05, 3.63) is 46.7 Å². The van der Waals surface area contributed by atoms with E-state index in [0.717, 1.165) is 66.2 Å². The van der Waals surface area contributed by atoms with Crippen molar-refractivity contribution in [3.63, 3.8) is 0 Å². The molecule has 2 heterocycles. The summed E-state index contributed by atoms with van der Waals surface area (Å²) >= 11 is 5.40. The van der Waals surface area contributed by atoms with E-state index in [2.05, 4.69) is 40.0 Å². The molecule has 1 saturated heterocycles. The van der Waals surface area contributed by atoms with Crippen LogP contribution >= 0.6 is 27.7 Å². The Morgan fingerprint density at radius 3 is 2.56 bits per heavy atom. The van der Waals surface area contributed by atoms with Crippen LogP contribution in [-0.2, 0) is 11.2 Å². The first-order chi connectivity index (χ1) is 15.2. The molecular formula is C25H33BrN2O3S. The molecule has 1 fully saturated rings. The summed E-state index contributed by atoms with van der Waals surface area (Å²) in [6.07, 6.45) is 5.64. The number of carbonyl (C=O) groups is 1. The third-order valence-corrected chi connectivity index (χ3v) is 6.81. The Morgan fingerprint density at radius 2 is 1.97 bits per heavy atom. The van der Waals surface area contributed by atoms with Gasteiger partial charge in [-0.15, -0.1) is 11.8 Å². The summed E-state index contributed by atoms with van der Waals surface area (Å²) in [4.78, 5) is 19.8. The zero-order chi connectivity index (χ0) is 23.1. The lowest BCUT2D eigenvalue weighted by Gasteiger charge is -2.33. The number of carbonyl (C=O) groups excluding carboxylic acids is 1. The lowest BCUT2D eigenvalue weighted by Crippen LogP contribution is -2.41. The standard InChI is InChI=1S/C25H33BrN2O3S/c1-5-32-21-10-11-23(22(26)16-21)30-20-9-8-19(27-17-20)7-6-18-12-14-28(15-13-18)24(29)31-25(2,3)4/h8-11,16-18H,5-7,12-15H2,1-4H3.